The third-order valence-electron chi connectivity index (χ3n) is 4.95. The average Bonchev–Trinajstić information content (AvgIpc) is 2.76. The first-order valence-electron chi connectivity index (χ1n) is 10.2. The summed E-state index contributed by atoms with van der Waals surface area (Å²) in [5.41, 5.74) is 1.15. The number of guanidine groups is 1. The second kappa shape index (κ2) is 15.5. The van der Waals surface area contributed by atoms with Crippen LogP contribution in [0, 0.1) is 0 Å². The molecule has 0 aliphatic carbocycles. The van der Waals surface area contributed by atoms with E-state index in [1.165, 1.54) is 0 Å². The zero-order valence-electron chi connectivity index (χ0n) is 18.7. The molecular weight excluding hydrogens is 499 g/mol. The van der Waals surface area contributed by atoms with E-state index >= 15 is 0 Å². The van der Waals surface area contributed by atoms with Crippen molar-refractivity contribution < 1.29 is 18.9 Å². The minimum Gasteiger partial charge on any atom is -0.497 e. The maximum absolute atomic E-state index is 5.51. The molecule has 1 fully saturated rings. The van der Waals surface area contributed by atoms with Gasteiger partial charge < -0.3 is 29.2 Å². The molecule has 30 heavy (non-hydrogen) atoms. The van der Waals surface area contributed by atoms with Gasteiger partial charge >= 0.3 is 0 Å². The highest BCUT2D eigenvalue weighted by Crippen LogP contribution is 2.25. The van der Waals surface area contributed by atoms with Gasteiger partial charge in [0, 0.05) is 65.6 Å². The summed E-state index contributed by atoms with van der Waals surface area (Å²) in [6.07, 6.45) is 0.943. The molecule has 0 radical (unpaired) electrons. The average molecular weight is 536 g/mol. The third kappa shape index (κ3) is 8.83. The molecule has 0 spiro atoms. The third-order valence-corrected chi connectivity index (χ3v) is 4.95. The van der Waals surface area contributed by atoms with Gasteiger partial charge in [-0.15, -0.1) is 24.0 Å². The first-order valence-corrected chi connectivity index (χ1v) is 10.2. The number of halogens is 1. The van der Waals surface area contributed by atoms with Crippen LogP contribution in [0.4, 0.5) is 0 Å². The maximum atomic E-state index is 5.51. The Morgan fingerprint density at radius 1 is 1.03 bits per heavy atom. The molecule has 0 amide bonds. The molecule has 1 saturated heterocycles. The van der Waals surface area contributed by atoms with Crippen molar-refractivity contribution in [1.29, 1.82) is 0 Å². The Morgan fingerprint density at radius 2 is 1.80 bits per heavy atom. The number of aliphatic imine (C=N–C) groups is 1. The molecule has 1 aliphatic heterocycles. The lowest BCUT2D eigenvalue weighted by Crippen LogP contribution is -2.52. The Labute approximate surface area is 197 Å². The molecule has 1 heterocycles. The van der Waals surface area contributed by atoms with Crippen molar-refractivity contribution >= 4 is 29.9 Å². The van der Waals surface area contributed by atoms with Gasteiger partial charge in [0.15, 0.2) is 5.96 Å². The standard InChI is InChI=1S/C21H36N4O4.HI/c1-22-21(23-8-5-13-29-15-14-26-2)25-11-9-24(10-12-25)17-18-16-19(27-3)6-7-20(18)28-4;/h6-7,16H,5,8-15,17H2,1-4H3,(H,22,23);1H. The van der Waals surface area contributed by atoms with Gasteiger partial charge in [0.1, 0.15) is 11.5 Å². The molecule has 0 atom stereocenters. The summed E-state index contributed by atoms with van der Waals surface area (Å²) in [7, 11) is 6.92. The van der Waals surface area contributed by atoms with E-state index in [1.807, 2.05) is 19.2 Å². The van der Waals surface area contributed by atoms with E-state index in [2.05, 4.69) is 26.2 Å². The highest BCUT2D eigenvalue weighted by molar-refractivity contribution is 14.0. The quantitative estimate of drug-likeness (QED) is 0.201. The zero-order chi connectivity index (χ0) is 20.9. The van der Waals surface area contributed by atoms with E-state index in [9.17, 15) is 0 Å². The topological polar surface area (TPSA) is 67.8 Å². The smallest absolute Gasteiger partial charge is 0.193 e. The number of methoxy groups -OCH3 is 3. The van der Waals surface area contributed by atoms with E-state index in [-0.39, 0.29) is 24.0 Å². The van der Waals surface area contributed by atoms with Crippen LogP contribution in [-0.4, -0.2) is 96.7 Å². The van der Waals surface area contributed by atoms with Crippen molar-refractivity contribution in [3.8, 4) is 11.5 Å². The Hall–Kier alpha value is -1.30. The summed E-state index contributed by atoms with van der Waals surface area (Å²) in [6.45, 7) is 7.53. The van der Waals surface area contributed by atoms with E-state index in [0.717, 1.165) is 75.3 Å². The van der Waals surface area contributed by atoms with Gasteiger partial charge in [0.25, 0.3) is 0 Å². The Bertz CT molecular complexity index is 625. The summed E-state index contributed by atoms with van der Waals surface area (Å²) >= 11 is 0. The number of nitrogens with one attached hydrogen (secondary N) is 1. The SMILES string of the molecule is CN=C(NCCCOCCOC)N1CCN(Cc2cc(OC)ccc2OC)CC1.I. The summed E-state index contributed by atoms with van der Waals surface area (Å²) in [6, 6.07) is 5.95. The molecule has 9 heteroatoms. The molecule has 8 nitrogen and oxygen atoms in total. The van der Waals surface area contributed by atoms with Crippen molar-refractivity contribution in [2.75, 3.05) is 80.9 Å². The van der Waals surface area contributed by atoms with Crippen molar-refractivity contribution in [1.82, 2.24) is 15.1 Å². The van der Waals surface area contributed by atoms with Gasteiger partial charge in [-0.1, -0.05) is 0 Å². The van der Waals surface area contributed by atoms with E-state index in [4.69, 9.17) is 18.9 Å². The van der Waals surface area contributed by atoms with Crippen LogP contribution in [0.3, 0.4) is 0 Å². The van der Waals surface area contributed by atoms with Crippen molar-refractivity contribution in [2.45, 2.75) is 13.0 Å². The highest BCUT2D eigenvalue weighted by Gasteiger charge is 2.20. The maximum Gasteiger partial charge on any atom is 0.193 e. The summed E-state index contributed by atoms with van der Waals surface area (Å²) in [5.74, 6) is 2.72. The second-order valence-corrected chi connectivity index (χ2v) is 6.87. The summed E-state index contributed by atoms with van der Waals surface area (Å²) < 4.78 is 21.3. The minimum absolute atomic E-state index is 0. The predicted octanol–water partition coefficient (Wildman–Crippen LogP) is 2.07. The summed E-state index contributed by atoms with van der Waals surface area (Å²) in [5, 5.41) is 3.44. The van der Waals surface area contributed by atoms with Crippen LogP contribution in [-0.2, 0) is 16.0 Å². The van der Waals surface area contributed by atoms with Crippen LogP contribution in [0.25, 0.3) is 0 Å². The number of benzene rings is 1. The van der Waals surface area contributed by atoms with Crippen LogP contribution in [0.5, 0.6) is 11.5 Å². The van der Waals surface area contributed by atoms with Crippen LogP contribution in [0.15, 0.2) is 23.2 Å². The summed E-state index contributed by atoms with van der Waals surface area (Å²) in [4.78, 5) is 9.18. The molecule has 172 valence electrons. The molecule has 1 aromatic rings. The number of piperazine rings is 1. The number of nitrogens with zero attached hydrogens (tertiary/aromatic N) is 3. The molecule has 0 saturated carbocycles. The van der Waals surface area contributed by atoms with E-state index in [1.54, 1.807) is 21.3 Å². The van der Waals surface area contributed by atoms with Gasteiger partial charge in [-0.25, -0.2) is 0 Å². The molecule has 1 N–H and O–H groups in total. The van der Waals surface area contributed by atoms with E-state index < -0.39 is 0 Å². The molecule has 0 bridgehead atoms. The number of hydrogen-bond donors (Lipinski definition) is 1. The fourth-order valence-electron chi connectivity index (χ4n) is 3.32. The van der Waals surface area contributed by atoms with Crippen LogP contribution in [0.2, 0.25) is 0 Å². The van der Waals surface area contributed by atoms with E-state index in [0.29, 0.717) is 13.2 Å². The van der Waals surface area contributed by atoms with Crippen molar-refractivity contribution in [3.05, 3.63) is 23.8 Å². The Kier molecular flexibility index (Phi) is 13.8. The molecule has 2 rings (SSSR count). The first kappa shape index (κ1) is 26.7. The minimum atomic E-state index is 0. The monoisotopic (exact) mass is 536 g/mol. The lowest BCUT2D eigenvalue weighted by Gasteiger charge is -2.36. The fourth-order valence-corrected chi connectivity index (χ4v) is 3.32. The van der Waals surface area contributed by atoms with Gasteiger partial charge in [0.05, 0.1) is 27.4 Å². The van der Waals surface area contributed by atoms with Gasteiger partial charge in [-0.2, -0.15) is 0 Å². The zero-order valence-corrected chi connectivity index (χ0v) is 21.0. The predicted molar refractivity (Wildman–Crippen MR) is 130 cm³/mol. The highest BCUT2D eigenvalue weighted by atomic mass is 127. The second-order valence-electron chi connectivity index (χ2n) is 6.87. The molecule has 1 aromatic carbocycles. The first-order chi connectivity index (χ1) is 14.2. The molecule has 0 unspecified atom stereocenters. The molecule has 0 aromatic heterocycles. The van der Waals surface area contributed by atoms with Gasteiger partial charge in [0.2, 0.25) is 0 Å². The van der Waals surface area contributed by atoms with Crippen LogP contribution in [0.1, 0.15) is 12.0 Å². The van der Waals surface area contributed by atoms with Gasteiger partial charge in [-0.3, -0.25) is 9.89 Å². The normalized spacial score (nSPS) is 14.9. The Morgan fingerprint density at radius 3 is 2.43 bits per heavy atom. The largest absolute Gasteiger partial charge is 0.497 e. The van der Waals surface area contributed by atoms with Crippen LogP contribution >= 0.6 is 24.0 Å². The lowest BCUT2D eigenvalue weighted by atomic mass is 10.1. The number of hydrogen-bond acceptors (Lipinski definition) is 6. The van der Waals surface area contributed by atoms with Gasteiger partial charge in [-0.05, 0) is 24.6 Å². The van der Waals surface area contributed by atoms with Crippen molar-refractivity contribution in [2.24, 2.45) is 4.99 Å². The van der Waals surface area contributed by atoms with Crippen LogP contribution < -0.4 is 14.8 Å². The number of rotatable bonds is 11. The molecular formula is C21H37IN4O4. The lowest BCUT2D eigenvalue weighted by molar-refractivity contribution is 0.0697. The molecule has 1 aliphatic rings. The number of ether oxygens (including phenoxy) is 4. The Balaban J connectivity index is 0.00000450. The van der Waals surface area contributed by atoms with Crippen molar-refractivity contribution in [3.63, 3.8) is 0 Å². The fraction of sp³-hybridized carbons (Fsp3) is 0.667.